The number of aliphatic imine (C=N–C) groups is 1. The molecule has 1 aromatic carbocycles. The Kier molecular flexibility index (Phi) is 10.1. The highest BCUT2D eigenvalue weighted by Crippen LogP contribution is 2.07. The van der Waals surface area contributed by atoms with Gasteiger partial charge in [-0.05, 0) is 32.4 Å². The predicted molar refractivity (Wildman–Crippen MR) is 96.4 cm³/mol. The number of para-hydroxylation sites is 1. The topological polar surface area (TPSA) is 63.2 Å². The number of guanidine groups is 1. The van der Waals surface area contributed by atoms with Gasteiger partial charge in [-0.2, -0.15) is 0 Å². The molecule has 0 spiro atoms. The molecule has 0 aliphatic carbocycles. The van der Waals surface area contributed by atoms with E-state index in [-0.39, 0.29) is 5.97 Å². The van der Waals surface area contributed by atoms with Crippen LogP contribution >= 0.6 is 0 Å². The molecule has 1 aromatic rings. The molecule has 6 heteroatoms. The predicted octanol–water partition coefficient (Wildman–Crippen LogP) is 2.31. The fourth-order valence-electron chi connectivity index (χ4n) is 2.03. The van der Waals surface area contributed by atoms with Gasteiger partial charge in [-0.15, -0.1) is 0 Å². The Morgan fingerprint density at radius 1 is 1.25 bits per heavy atom. The summed E-state index contributed by atoms with van der Waals surface area (Å²) < 4.78 is 10.6. The third-order valence-electron chi connectivity index (χ3n) is 3.24. The summed E-state index contributed by atoms with van der Waals surface area (Å²) in [6, 6.07) is 9.75. The summed E-state index contributed by atoms with van der Waals surface area (Å²) >= 11 is 0. The fraction of sp³-hybridized carbons (Fsp3) is 0.556. The van der Waals surface area contributed by atoms with Crippen molar-refractivity contribution in [3.8, 4) is 5.75 Å². The maximum absolute atomic E-state index is 11.3. The number of ether oxygens (including phenoxy) is 2. The Balaban J connectivity index is 2.35. The van der Waals surface area contributed by atoms with Gasteiger partial charge in [0.1, 0.15) is 12.4 Å². The molecule has 0 aliphatic rings. The number of rotatable bonds is 10. The van der Waals surface area contributed by atoms with Crippen LogP contribution in [0, 0.1) is 0 Å². The van der Waals surface area contributed by atoms with Crippen molar-refractivity contribution in [2.75, 3.05) is 39.9 Å². The minimum absolute atomic E-state index is 0.165. The Bertz CT molecular complexity index is 492. The molecule has 1 rings (SSSR count). The van der Waals surface area contributed by atoms with Crippen LogP contribution in [0.2, 0.25) is 0 Å². The van der Waals surface area contributed by atoms with Crippen molar-refractivity contribution in [3.63, 3.8) is 0 Å². The van der Waals surface area contributed by atoms with Crippen molar-refractivity contribution in [1.82, 2.24) is 10.2 Å². The van der Waals surface area contributed by atoms with Crippen molar-refractivity contribution in [2.24, 2.45) is 4.99 Å². The van der Waals surface area contributed by atoms with Gasteiger partial charge in [0.15, 0.2) is 5.96 Å². The molecule has 24 heavy (non-hydrogen) atoms. The van der Waals surface area contributed by atoms with Gasteiger partial charge in [-0.25, -0.2) is 0 Å². The standard InChI is InChI=1S/C18H29N3O3/c1-4-19-18(20-13-9-12-17(22)23-5-2)21(3)14-15-24-16-10-7-6-8-11-16/h6-8,10-11H,4-5,9,12-15H2,1-3H3,(H,19,20). The number of esters is 1. The van der Waals surface area contributed by atoms with E-state index in [1.165, 1.54) is 0 Å². The Labute approximate surface area is 144 Å². The molecule has 0 saturated carbocycles. The third-order valence-corrected chi connectivity index (χ3v) is 3.24. The second-order valence-corrected chi connectivity index (χ2v) is 5.23. The third kappa shape index (κ3) is 8.41. The van der Waals surface area contributed by atoms with Gasteiger partial charge in [-0.3, -0.25) is 9.79 Å². The first-order chi connectivity index (χ1) is 11.7. The average Bonchev–Trinajstić information content (AvgIpc) is 2.58. The van der Waals surface area contributed by atoms with E-state index in [1.807, 2.05) is 56.1 Å². The monoisotopic (exact) mass is 335 g/mol. The molecule has 0 radical (unpaired) electrons. The molecule has 0 heterocycles. The van der Waals surface area contributed by atoms with Crippen LogP contribution in [0.25, 0.3) is 0 Å². The maximum Gasteiger partial charge on any atom is 0.305 e. The number of carbonyl (C=O) groups is 1. The summed E-state index contributed by atoms with van der Waals surface area (Å²) in [6.45, 7) is 6.95. The first kappa shape index (κ1) is 19.8. The quantitative estimate of drug-likeness (QED) is 0.308. The smallest absolute Gasteiger partial charge is 0.305 e. The van der Waals surface area contributed by atoms with Gasteiger partial charge >= 0.3 is 5.97 Å². The van der Waals surface area contributed by atoms with Crippen molar-refractivity contribution in [2.45, 2.75) is 26.7 Å². The van der Waals surface area contributed by atoms with E-state index in [9.17, 15) is 4.79 Å². The summed E-state index contributed by atoms with van der Waals surface area (Å²) in [4.78, 5) is 17.9. The molecule has 134 valence electrons. The molecule has 0 bridgehead atoms. The van der Waals surface area contributed by atoms with E-state index in [0.717, 1.165) is 24.8 Å². The lowest BCUT2D eigenvalue weighted by Crippen LogP contribution is -2.41. The molecule has 0 saturated heterocycles. The first-order valence-electron chi connectivity index (χ1n) is 8.50. The number of benzene rings is 1. The molecular weight excluding hydrogens is 306 g/mol. The maximum atomic E-state index is 11.3. The number of likely N-dealkylation sites (N-methyl/N-ethyl adjacent to an activating group) is 1. The zero-order chi connectivity index (χ0) is 17.6. The number of nitrogens with one attached hydrogen (secondary N) is 1. The van der Waals surface area contributed by atoms with E-state index in [4.69, 9.17) is 9.47 Å². The number of hydrogen-bond acceptors (Lipinski definition) is 4. The molecule has 1 N–H and O–H groups in total. The summed E-state index contributed by atoms with van der Waals surface area (Å²) in [5.74, 6) is 1.52. The lowest BCUT2D eigenvalue weighted by Gasteiger charge is -2.22. The van der Waals surface area contributed by atoms with Crippen molar-refractivity contribution >= 4 is 11.9 Å². The fourth-order valence-corrected chi connectivity index (χ4v) is 2.03. The van der Waals surface area contributed by atoms with Gasteiger partial charge < -0.3 is 19.7 Å². The lowest BCUT2D eigenvalue weighted by atomic mass is 10.3. The molecule has 0 aliphatic heterocycles. The van der Waals surface area contributed by atoms with Crippen molar-refractivity contribution in [1.29, 1.82) is 0 Å². The van der Waals surface area contributed by atoms with E-state index in [1.54, 1.807) is 0 Å². The number of hydrogen-bond donors (Lipinski definition) is 1. The van der Waals surface area contributed by atoms with Gasteiger partial charge in [0.2, 0.25) is 0 Å². The van der Waals surface area contributed by atoms with E-state index in [2.05, 4.69) is 10.3 Å². The molecule has 0 fully saturated rings. The number of carbonyl (C=O) groups excluding carboxylic acids is 1. The zero-order valence-corrected chi connectivity index (χ0v) is 15.0. The Morgan fingerprint density at radius 2 is 2.00 bits per heavy atom. The largest absolute Gasteiger partial charge is 0.492 e. The minimum atomic E-state index is -0.165. The highest BCUT2D eigenvalue weighted by molar-refractivity contribution is 5.79. The molecule has 0 unspecified atom stereocenters. The summed E-state index contributed by atoms with van der Waals surface area (Å²) in [7, 11) is 1.97. The van der Waals surface area contributed by atoms with E-state index < -0.39 is 0 Å². The van der Waals surface area contributed by atoms with Crippen LogP contribution < -0.4 is 10.1 Å². The van der Waals surface area contributed by atoms with E-state index in [0.29, 0.717) is 32.6 Å². The summed E-state index contributed by atoms with van der Waals surface area (Å²) in [5.41, 5.74) is 0. The van der Waals surface area contributed by atoms with Crippen LogP contribution in [0.4, 0.5) is 0 Å². The highest BCUT2D eigenvalue weighted by Gasteiger charge is 2.06. The Hall–Kier alpha value is -2.24. The zero-order valence-electron chi connectivity index (χ0n) is 15.0. The Morgan fingerprint density at radius 3 is 2.67 bits per heavy atom. The molecule has 0 atom stereocenters. The first-order valence-corrected chi connectivity index (χ1v) is 8.50. The average molecular weight is 335 g/mol. The second kappa shape index (κ2) is 12.2. The lowest BCUT2D eigenvalue weighted by molar-refractivity contribution is -0.143. The summed E-state index contributed by atoms with van der Waals surface area (Å²) in [5, 5.41) is 3.25. The van der Waals surface area contributed by atoms with Crippen LogP contribution in [0.3, 0.4) is 0 Å². The molecule has 0 amide bonds. The second-order valence-electron chi connectivity index (χ2n) is 5.23. The molecule has 0 aromatic heterocycles. The summed E-state index contributed by atoms with van der Waals surface area (Å²) in [6.07, 6.45) is 1.08. The van der Waals surface area contributed by atoms with Crippen LogP contribution in [-0.2, 0) is 9.53 Å². The van der Waals surface area contributed by atoms with Crippen molar-refractivity contribution < 1.29 is 14.3 Å². The SMILES string of the molecule is CCNC(=NCCCC(=O)OCC)N(C)CCOc1ccccc1. The normalized spacial score (nSPS) is 11.0. The molecule has 6 nitrogen and oxygen atoms in total. The van der Waals surface area contributed by atoms with Gasteiger partial charge in [0.05, 0.1) is 13.2 Å². The highest BCUT2D eigenvalue weighted by atomic mass is 16.5. The van der Waals surface area contributed by atoms with Crippen LogP contribution in [-0.4, -0.2) is 56.7 Å². The van der Waals surface area contributed by atoms with Crippen LogP contribution in [0.5, 0.6) is 5.75 Å². The van der Waals surface area contributed by atoms with Gasteiger partial charge in [0, 0.05) is 26.6 Å². The minimum Gasteiger partial charge on any atom is -0.492 e. The van der Waals surface area contributed by atoms with Gasteiger partial charge in [-0.1, -0.05) is 18.2 Å². The van der Waals surface area contributed by atoms with Crippen LogP contribution in [0.15, 0.2) is 35.3 Å². The van der Waals surface area contributed by atoms with Crippen LogP contribution in [0.1, 0.15) is 26.7 Å². The van der Waals surface area contributed by atoms with Gasteiger partial charge in [0.25, 0.3) is 0 Å². The number of nitrogens with zero attached hydrogens (tertiary/aromatic N) is 2. The van der Waals surface area contributed by atoms with Crippen molar-refractivity contribution in [3.05, 3.63) is 30.3 Å². The molecular formula is C18H29N3O3. The van der Waals surface area contributed by atoms with E-state index >= 15 is 0 Å².